The molecule has 0 aliphatic heterocycles. The van der Waals surface area contributed by atoms with Gasteiger partial charge in [0.05, 0.1) is 12.0 Å². The number of furan rings is 2. The number of rotatable bonds is 8. The largest absolute Gasteiger partial charge is 0.468 e. The molecule has 0 saturated carbocycles. The van der Waals surface area contributed by atoms with E-state index in [-0.39, 0.29) is 24.4 Å². The molecule has 0 aromatic carbocycles. The SMILES string of the molecule is Cc1oc2ncn(CCC(=O)NCCSCc3ccco3)c(=O)c2c1C. The van der Waals surface area contributed by atoms with Crippen molar-refractivity contribution in [2.24, 2.45) is 0 Å². The predicted octanol–water partition coefficient (Wildman–Crippen LogP) is 2.64. The topological polar surface area (TPSA) is 90.3 Å². The van der Waals surface area contributed by atoms with Gasteiger partial charge in [0.15, 0.2) is 0 Å². The van der Waals surface area contributed by atoms with Crippen LogP contribution in [0.2, 0.25) is 0 Å². The number of fused-ring (bicyclic) bond motifs is 1. The molecule has 3 heterocycles. The molecule has 3 aromatic rings. The van der Waals surface area contributed by atoms with Crippen LogP contribution in [0.4, 0.5) is 0 Å². The molecule has 1 amide bonds. The molecule has 0 atom stereocenters. The van der Waals surface area contributed by atoms with Gasteiger partial charge in [-0.15, -0.1) is 0 Å². The third kappa shape index (κ3) is 4.19. The standard InChI is InChI=1S/C18H21N3O4S/c1-12-13(2)25-17-16(12)18(23)21(11-20-17)7-5-15(22)19-6-9-26-10-14-4-3-8-24-14/h3-4,8,11H,5-7,9-10H2,1-2H3,(H,19,22). The number of nitrogens with zero attached hydrogens (tertiary/aromatic N) is 2. The minimum Gasteiger partial charge on any atom is -0.468 e. The van der Waals surface area contributed by atoms with E-state index in [0.29, 0.717) is 23.4 Å². The highest BCUT2D eigenvalue weighted by molar-refractivity contribution is 7.98. The molecule has 1 N–H and O–H groups in total. The quantitative estimate of drug-likeness (QED) is 0.609. The summed E-state index contributed by atoms with van der Waals surface area (Å²) < 4.78 is 12.2. The molecule has 8 heteroatoms. The molecule has 0 fully saturated rings. The van der Waals surface area contributed by atoms with Crippen molar-refractivity contribution < 1.29 is 13.6 Å². The van der Waals surface area contributed by atoms with Crippen molar-refractivity contribution in [3.8, 4) is 0 Å². The van der Waals surface area contributed by atoms with Crippen LogP contribution in [0.25, 0.3) is 11.1 Å². The second-order valence-corrected chi connectivity index (χ2v) is 7.04. The normalized spacial score (nSPS) is 11.2. The molecular weight excluding hydrogens is 354 g/mol. The number of aromatic nitrogens is 2. The van der Waals surface area contributed by atoms with Gasteiger partial charge in [-0.2, -0.15) is 11.8 Å². The average molecular weight is 375 g/mol. The average Bonchev–Trinajstić information content (AvgIpc) is 3.23. The van der Waals surface area contributed by atoms with E-state index < -0.39 is 0 Å². The van der Waals surface area contributed by atoms with Crippen LogP contribution in [0.1, 0.15) is 23.5 Å². The van der Waals surface area contributed by atoms with Crippen LogP contribution < -0.4 is 10.9 Å². The first kappa shape index (κ1) is 18.3. The van der Waals surface area contributed by atoms with Crippen molar-refractivity contribution >= 4 is 28.8 Å². The lowest BCUT2D eigenvalue weighted by atomic mass is 10.2. The van der Waals surface area contributed by atoms with E-state index in [1.54, 1.807) is 24.9 Å². The fraction of sp³-hybridized carbons (Fsp3) is 0.389. The smallest absolute Gasteiger partial charge is 0.264 e. The number of carbonyl (C=O) groups excluding carboxylic acids is 1. The van der Waals surface area contributed by atoms with Gasteiger partial charge in [0, 0.05) is 30.8 Å². The Morgan fingerprint density at radius 2 is 2.23 bits per heavy atom. The number of thioether (sulfide) groups is 1. The molecule has 0 spiro atoms. The lowest BCUT2D eigenvalue weighted by molar-refractivity contribution is -0.121. The van der Waals surface area contributed by atoms with Crippen LogP contribution in [-0.4, -0.2) is 27.8 Å². The van der Waals surface area contributed by atoms with Gasteiger partial charge in [0.2, 0.25) is 11.6 Å². The summed E-state index contributed by atoms with van der Waals surface area (Å²) in [5.41, 5.74) is 0.968. The van der Waals surface area contributed by atoms with Crippen molar-refractivity contribution in [3.05, 3.63) is 52.2 Å². The molecule has 0 radical (unpaired) electrons. The van der Waals surface area contributed by atoms with Gasteiger partial charge in [-0.25, -0.2) is 4.98 Å². The summed E-state index contributed by atoms with van der Waals surface area (Å²) in [6.07, 6.45) is 3.31. The summed E-state index contributed by atoms with van der Waals surface area (Å²) in [5.74, 6) is 3.11. The lowest BCUT2D eigenvalue weighted by Crippen LogP contribution is -2.29. The Morgan fingerprint density at radius 1 is 1.38 bits per heavy atom. The third-order valence-electron chi connectivity index (χ3n) is 4.13. The Balaban J connectivity index is 1.45. The zero-order valence-corrected chi connectivity index (χ0v) is 15.6. The van der Waals surface area contributed by atoms with E-state index >= 15 is 0 Å². The first-order valence-electron chi connectivity index (χ1n) is 8.38. The Labute approximate surface area is 154 Å². The minimum atomic E-state index is -0.175. The maximum absolute atomic E-state index is 12.5. The summed E-state index contributed by atoms with van der Waals surface area (Å²) in [7, 11) is 0. The lowest BCUT2D eigenvalue weighted by Gasteiger charge is -2.06. The van der Waals surface area contributed by atoms with Crippen LogP contribution >= 0.6 is 11.8 Å². The van der Waals surface area contributed by atoms with E-state index in [9.17, 15) is 9.59 Å². The Morgan fingerprint density at radius 3 is 3.00 bits per heavy atom. The van der Waals surface area contributed by atoms with Gasteiger partial charge >= 0.3 is 0 Å². The highest BCUT2D eigenvalue weighted by Gasteiger charge is 2.14. The zero-order valence-electron chi connectivity index (χ0n) is 14.8. The van der Waals surface area contributed by atoms with E-state index in [4.69, 9.17) is 8.83 Å². The monoisotopic (exact) mass is 375 g/mol. The number of nitrogens with one attached hydrogen (secondary N) is 1. The number of amides is 1. The fourth-order valence-corrected chi connectivity index (χ4v) is 3.33. The predicted molar refractivity (Wildman–Crippen MR) is 100 cm³/mol. The molecule has 138 valence electrons. The van der Waals surface area contributed by atoms with Gasteiger partial charge < -0.3 is 14.2 Å². The van der Waals surface area contributed by atoms with Crippen molar-refractivity contribution in [2.75, 3.05) is 12.3 Å². The van der Waals surface area contributed by atoms with Gasteiger partial charge in [0.25, 0.3) is 5.56 Å². The van der Waals surface area contributed by atoms with Gasteiger partial charge in [-0.1, -0.05) is 0 Å². The molecule has 0 saturated heterocycles. The molecular formula is C18H21N3O4S. The zero-order chi connectivity index (χ0) is 18.5. The third-order valence-corrected chi connectivity index (χ3v) is 5.11. The number of aryl methyl sites for hydroxylation is 3. The second kappa shape index (κ2) is 8.27. The van der Waals surface area contributed by atoms with Crippen LogP contribution in [0, 0.1) is 13.8 Å². The van der Waals surface area contributed by atoms with Crippen LogP contribution in [0.5, 0.6) is 0 Å². The molecule has 0 aliphatic rings. The Hall–Kier alpha value is -2.48. The van der Waals surface area contributed by atoms with E-state index in [1.807, 2.05) is 19.1 Å². The number of carbonyl (C=O) groups is 1. The van der Waals surface area contributed by atoms with Crippen molar-refractivity contribution in [1.29, 1.82) is 0 Å². The molecule has 26 heavy (non-hydrogen) atoms. The number of hydrogen-bond donors (Lipinski definition) is 1. The number of hydrogen-bond acceptors (Lipinski definition) is 6. The van der Waals surface area contributed by atoms with Crippen molar-refractivity contribution in [3.63, 3.8) is 0 Å². The molecule has 3 rings (SSSR count). The fourth-order valence-electron chi connectivity index (χ4n) is 2.57. The van der Waals surface area contributed by atoms with E-state index in [1.165, 1.54) is 10.9 Å². The highest BCUT2D eigenvalue weighted by atomic mass is 32.2. The summed E-state index contributed by atoms with van der Waals surface area (Å²) in [4.78, 5) is 28.6. The van der Waals surface area contributed by atoms with E-state index in [2.05, 4.69) is 10.3 Å². The summed E-state index contributed by atoms with van der Waals surface area (Å²) in [5, 5.41) is 3.35. The van der Waals surface area contributed by atoms with Gasteiger partial charge in [-0.05, 0) is 26.0 Å². The molecule has 0 bridgehead atoms. The Kier molecular flexibility index (Phi) is 5.82. The van der Waals surface area contributed by atoms with Crippen LogP contribution in [-0.2, 0) is 17.1 Å². The van der Waals surface area contributed by atoms with Gasteiger partial charge in [0.1, 0.15) is 23.2 Å². The second-order valence-electron chi connectivity index (χ2n) is 5.94. The molecule has 0 unspecified atom stereocenters. The van der Waals surface area contributed by atoms with Crippen molar-refractivity contribution in [1.82, 2.24) is 14.9 Å². The molecule has 0 aliphatic carbocycles. The van der Waals surface area contributed by atoms with Gasteiger partial charge in [-0.3, -0.25) is 14.2 Å². The maximum atomic E-state index is 12.5. The summed E-state index contributed by atoms with van der Waals surface area (Å²) in [6.45, 7) is 4.51. The van der Waals surface area contributed by atoms with Crippen molar-refractivity contribution in [2.45, 2.75) is 32.6 Å². The van der Waals surface area contributed by atoms with Crippen LogP contribution in [0.3, 0.4) is 0 Å². The first-order chi connectivity index (χ1) is 12.6. The first-order valence-corrected chi connectivity index (χ1v) is 9.53. The maximum Gasteiger partial charge on any atom is 0.264 e. The molecule has 3 aromatic heterocycles. The van der Waals surface area contributed by atoms with E-state index in [0.717, 1.165) is 22.8 Å². The molecule has 7 nitrogen and oxygen atoms in total. The Bertz CT molecular complexity index is 943. The summed E-state index contributed by atoms with van der Waals surface area (Å²) in [6, 6.07) is 3.79. The summed E-state index contributed by atoms with van der Waals surface area (Å²) >= 11 is 1.69. The highest BCUT2D eigenvalue weighted by Crippen LogP contribution is 2.19. The van der Waals surface area contributed by atoms with Crippen LogP contribution in [0.15, 0.2) is 38.4 Å². The minimum absolute atomic E-state index is 0.0873.